The molecule has 0 aromatic carbocycles. The van der Waals surface area contributed by atoms with Crippen LogP contribution in [0.4, 0.5) is 0 Å². The minimum absolute atomic E-state index is 0.449. The molecule has 0 aliphatic rings. The van der Waals surface area contributed by atoms with Gasteiger partial charge in [-0.1, -0.05) is 26.1 Å². The molecule has 0 bridgehead atoms. The first kappa shape index (κ1) is 5.09. The minimum Gasteiger partial charge on any atom is -0.0834 e. The molecule has 0 saturated carbocycles. The van der Waals surface area contributed by atoms with E-state index in [1.54, 1.807) is 0 Å². The Balaban J connectivity index is 2.83. The molecule has 1 radical (unpaired) electrons. The van der Waals surface area contributed by atoms with E-state index in [2.05, 4.69) is 17.6 Å². The summed E-state index contributed by atoms with van der Waals surface area (Å²) in [4.78, 5) is 0. The molecule has 0 nitrogen and oxygen atoms in total. The van der Waals surface area contributed by atoms with E-state index < -0.39 is 0 Å². The van der Waals surface area contributed by atoms with Gasteiger partial charge in [0.2, 0.25) is 0 Å². The first-order valence-electron chi connectivity index (χ1n) is 1.65. The zero-order valence-electron chi connectivity index (χ0n) is 3.49. The van der Waals surface area contributed by atoms with Crippen LogP contribution < -0.4 is 0 Å². The molecule has 0 aromatic rings. The van der Waals surface area contributed by atoms with E-state index in [1.807, 2.05) is 13.8 Å². The number of hydrogen-bond donors (Lipinski definition) is 0. The molecule has 0 atom stereocenters. The fraction of sp³-hybridized carbons (Fsp3) is 0.750. The molecule has 0 aliphatic heterocycles. The van der Waals surface area contributed by atoms with Crippen molar-refractivity contribution in [2.24, 2.45) is 5.92 Å². The van der Waals surface area contributed by atoms with Crippen molar-refractivity contribution in [2.75, 3.05) is 0 Å². The van der Waals surface area contributed by atoms with Crippen molar-refractivity contribution in [3.05, 3.63) is 0 Å². The second kappa shape index (κ2) is 2.33. The van der Waals surface area contributed by atoms with Gasteiger partial charge in [-0.05, 0) is 5.92 Å². The lowest BCUT2D eigenvalue weighted by atomic mass is 10.3. The van der Waals surface area contributed by atoms with Gasteiger partial charge in [-0.25, -0.2) is 0 Å². The molecule has 0 spiro atoms. The molecule has 0 rings (SSSR count). The fourth-order valence-electron chi connectivity index (χ4n) is 0. The molecule has 0 saturated heterocycles. The van der Waals surface area contributed by atoms with Gasteiger partial charge in [0.1, 0.15) is 0 Å². The molecule has 0 amide bonds. The monoisotopic (exact) mass is 87.0 g/mol. The summed E-state index contributed by atoms with van der Waals surface area (Å²) in [5.74, 6) is 0.449. The maximum absolute atomic E-state index is 4.43. The van der Waals surface area contributed by atoms with Crippen molar-refractivity contribution in [1.82, 2.24) is 0 Å². The molecule has 0 aromatic heterocycles. The van der Waals surface area contributed by atoms with Crippen molar-refractivity contribution >= 4 is 17.6 Å². The summed E-state index contributed by atoms with van der Waals surface area (Å²) in [5, 5.41) is 2.61. The van der Waals surface area contributed by atoms with Crippen LogP contribution >= 0.6 is 12.2 Å². The summed E-state index contributed by atoms with van der Waals surface area (Å²) >= 11 is 4.43. The number of hydrogen-bond acceptors (Lipinski definition) is 1. The van der Waals surface area contributed by atoms with E-state index in [0.29, 0.717) is 5.92 Å². The van der Waals surface area contributed by atoms with Crippen LogP contribution in [0.2, 0.25) is 0 Å². The molecule has 5 heavy (non-hydrogen) atoms. The molecule has 29 valence electrons. The van der Waals surface area contributed by atoms with Crippen LogP contribution in [0.5, 0.6) is 0 Å². The highest BCUT2D eigenvalue weighted by Crippen LogP contribution is 1.81. The van der Waals surface area contributed by atoms with Crippen LogP contribution in [0.25, 0.3) is 0 Å². The van der Waals surface area contributed by atoms with Crippen LogP contribution in [0.3, 0.4) is 0 Å². The second-order valence-electron chi connectivity index (χ2n) is 1.27. The molecule has 0 heterocycles. The first-order chi connectivity index (χ1) is 2.27. The Bertz CT molecular complexity index is 30.6. The van der Waals surface area contributed by atoms with Gasteiger partial charge in [-0.2, -0.15) is 0 Å². The second-order valence-corrected chi connectivity index (χ2v) is 1.51. The van der Waals surface area contributed by atoms with Gasteiger partial charge in [-0.3, -0.25) is 0 Å². The van der Waals surface area contributed by atoms with Crippen LogP contribution in [0, 0.1) is 5.92 Å². The maximum Gasteiger partial charge on any atom is 0.0319 e. The van der Waals surface area contributed by atoms with Gasteiger partial charge in [0.25, 0.3) is 0 Å². The van der Waals surface area contributed by atoms with Crippen LogP contribution in [0.1, 0.15) is 13.8 Å². The smallest absolute Gasteiger partial charge is 0.0319 e. The fourth-order valence-corrected chi connectivity index (χ4v) is 0. The normalized spacial score (nSPS) is 8.60. The Labute approximate surface area is 38.2 Å². The van der Waals surface area contributed by atoms with Crippen molar-refractivity contribution < 1.29 is 0 Å². The third kappa shape index (κ3) is 4.09. The Kier molecular flexibility index (Phi) is 2.38. The Morgan fingerprint density at radius 3 is 1.80 bits per heavy atom. The van der Waals surface area contributed by atoms with E-state index in [4.69, 9.17) is 0 Å². The minimum atomic E-state index is 0.449. The van der Waals surface area contributed by atoms with E-state index in [0.717, 1.165) is 0 Å². The predicted octanol–water partition coefficient (Wildman–Crippen LogP) is 1.52. The van der Waals surface area contributed by atoms with Gasteiger partial charge >= 0.3 is 0 Å². The predicted molar refractivity (Wildman–Crippen MR) is 27.4 cm³/mol. The number of thiocarbonyl (C=S) groups is 1. The van der Waals surface area contributed by atoms with Gasteiger partial charge < -0.3 is 0 Å². The van der Waals surface area contributed by atoms with Gasteiger partial charge in [0.15, 0.2) is 0 Å². The average Bonchev–Trinajstić information content (AvgIpc) is 1.38. The highest BCUT2D eigenvalue weighted by atomic mass is 32.1. The standard InChI is InChI=1S/C4H7S/c1-4(2)3-5/h4H,1-2H3. The Hall–Kier alpha value is 0.0900. The molecule has 0 fully saturated rings. The molecule has 0 N–H and O–H groups in total. The highest BCUT2D eigenvalue weighted by molar-refractivity contribution is 7.79. The third-order valence-corrected chi connectivity index (χ3v) is 0.707. The van der Waals surface area contributed by atoms with Crippen molar-refractivity contribution in [2.45, 2.75) is 13.8 Å². The summed E-state index contributed by atoms with van der Waals surface area (Å²) < 4.78 is 0. The summed E-state index contributed by atoms with van der Waals surface area (Å²) in [6, 6.07) is 0. The van der Waals surface area contributed by atoms with E-state index in [1.165, 1.54) is 0 Å². The zero-order chi connectivity index (χ0) is 4.28. The topological polar surface area (TPSA) is 0 Å². The molecule has 0 aliphatic carbocycles. The van der Waals surface area contributed by atoms with Gasteiger partial charge in [0.05, 0.1) is 0 Å². The van der Waals surface area contributed by atoms with Crippen molar-refractivity contribution in [1.29, 1.82) is 0 Å². The molecular formula is C4H7S. The summed E-state index contributed by atoms with van der Waals surface area (Å²) in [6.45, 7) is 4.01. The summed E-state index contributed by atoms with van der Waals surface area (Å²) in [5.41, 5.74) is 0. The Morgan fingerprint density at radius 1 is 1.60 bits per heavy atom. The van der Waals surface area contributed by atoms with E-state index in [9.17, 15) is 0 Å². The SMILES string of the molecule is CC(C)[C]=S. The van der Waals surface area contributed by atoms with Crippen LogP contribution in [-0.2, 0) is 0 Å². The maximum atomic E-state index is 4.43. The van der Waals surface area contributed by atoms with E-state index >= 15 is 0 Å². The van der Waals surface area contributed by atoms with Gasteiger partial charge in [-0.15, -0.1) is 0 Å². The van der Waals surface area contributed by atoms with Crippen molar-refractivity contribution in [3.63, 3.8) is 0 Å². The summed E-state index contributed by atoms with van der Waals surface area (Å²) in [7, 11) is 0. The average molecular weight is 87.2 g/mol. The lowest BCUT2D eigenvalue weighted by Gasteiger charge is -1.80. The van der Waals surface area contributed by atoms with Crippen molar-refractivity contribution in [3.8, 4) is 0 Å². The quantitative estimate of drug-likeness (QED) is 0.437. The molecule has 0 unspecified atom stereocenters. The Morgan fingerprint density at radius 2 is 1.80 bits per heavy atom. The highest BCUT2D eigenvalue weighted by Gasteiger charge is 1.77. The van der Waals surface area contributed by atoms with Gasteiger partial charge in [0, 0.05) is 5.37 Å². The van der Waals surface area contributed by atoms with E-state index in [-0.39, 0.29) is 0 Å². The number of rotatable bonds is 1. The molecule has 1 heteroatoms. The lowest BCUT2D eigenvalue weighted by molar-refractivity contribution is 0.921. The largest absolute Gasteiger partial charge is 0.0834 e. The van der Waals surface area contributed by atoms with Crippen LogP contribution in [0.15, 0.2) is 0 Å². The molecular weight excluding hydrogens is 80.1 g/mol. The lowest BCUT2D eigenvalue weighted by Crippen LogP contribution is -1.79. The summed E-state index contributed by atoms with van der Waals surface area (Å²) in [6.07, 6.45) is 0. The van der Waals surface area contributed by atoms with Crippen LogP contribution in [-0.4, -0.2) is 5.37 Å². The third-order valence-electron chi connectivity index (χ3n) is 0.236. The zero-order valence-corrected chi connectivity index (χ0v) is 4.30. The first-order valence-corrected chi connectivity index (χ1v) is 2.06.